The Morgan fingerprint density at radius 1 is 1.40 bits per heavy atom. The smallest absolute Gasteiger partial charge is 0.326 e. The van der Waals surface area contributed by atoms with Gasteiger partial charge >= 0.3 is 5.97 Å². The number of carbonyl (C=O) groups excluding carboxylic acids is 1. The number of carbonyl (C=O) groups is 2. The molecular formula is C14H15N3O3. The SMILES string of the molecule is Cc1cccc2nc(C(=O)N3CCC[C@@H]3C(=O)O)cn12. The predicted octanol–water partition coefficient (Wildman–Crippen LogP) is 1.33. The van der Waals surface area contributed by atoms with Gasteiger partial charge in [0, 0.05) is 18.4 Å². The average molecular weight is 273 g/mol. The fraction of sp³-hybridized carbons (Fsp3) is 0.357. The van der Waals surface area contributed by atoms with Crippen molar-refractivity contribution in [2.24, 2.45) is 0 Å². The van der Waals surface area contributed by atoms with Crippen molar-refractivity contribution in [3.8, 4) is 0 Å². The quantitative estimate of drug-likeness (QED) is 0.895. The van der Waals surface area contributed by atoms with Crippen molar-refractivity contribution in [1.29, 1.82) is 0 Å². The fourth-order valence-electron chi connectivity index (χ4n) is 2.67. The maximum atomic E-state index is 12.4. The molecule has 3 heterocycles. The molecule has 0 bridgehead atoms. The van der Waals surface area contributed by atoms with Crippen LogP contribution in [0, 0.1) is 6.92 Å². The molecule has 0 aliphatic carbocycles. The number of carboxylic acid groups (broad SMARTS) is 1. The Kier molecular flexibility index (Phi) is 2.93. The molecule has 1 aliphatic heterocycles. The third kappa shape index (κ3) is 1.93. The number of aryl methyl sites for hydroxylation is 1. The number of aliphatic carboxylic acids is 1. The molecule has 6 nitrogen and oxygen atoms in total. The van der Waals surface area contributed by atoms with E-state index < -0.39 is 12.0 Å². The lowest BCUT2D eigenvalue weighted by Gasteiger charge is -2.19. The molecule has 0 saturated carbocycles. The maximum Gasteiger partial charge on any atom is 0.326 e. The van der Waals surface area contributed by atoms with Crippen LogP contribution >= 0.6 is 0 Å². The standard InChI is InChI=1S/C14H15N3O3/c1-9-4-2-6-12-15-10(8-17(9)12)13(18)16-7-3-5-11(16)14(19)20/h2,4,6,8,11H,3,5,7H2,1H3,(H,19,20)/t11-/m1/s1. The number of nitrogens with zero attached hydrogens (tertiary/aromatic N) is 3. The summed E-state index contributed by atoms with van der Waals surface area (Å²) in [5.74, 6) is -1.26. The number of hydrogen-bond donors (Lipinski definition) is 1. The number of pyridine rings is 1. The van der Waals surface area contributed by atoms with E-state index >= 15 is 0 Å². The van der Waals surface area contributed by atoms with E-state index in [0.717, 1.165) is 12.1 Å². The first-order valence-electron chi connectivity index (χ1n) is 6.56. The number of amides is 1. The summed E-state index contributed by atoms with van der Waals surface area (Å²) in [5, 5.41) is 9.14. The normalized spacial score (nSPS) is 18.6. The third-order valence-electron chi connectivity index (χ3n) is 3.71. The van der Waals surface area contributed by atoms with Gasteiger partial charge in [-0.2, -0.15) is 0 Å². The second-order valence-corrected chi connectivity index (χ2v) is 5.02. The Balaban J connectivity index is 1.96. The number of likely N-dealkylation sites (tertiary alicyclic amines) is 1. The highest BCUT2D eigenvalue weighted by molar-refractivity contribution is 5.95. The Morgan fingerprint density at radius 2 is 2.20 bits per heavy atom. The molecule has 1 saturated heterocycles. The first-order valence-corrected chi connectivity index (χ1v) is 6.56. The minimum atomic E-state index is -0.948. The molecule has 2 aromatic rings. The van der Waals surface area contributed by atoms with Gasteiger partial charge in [0.25, 0.3) is 5.91 Å². The largest absolute Gasteiger partial charge is 0.480 e. The summed E-state index contributed by atoms with van der Waals surface area (Å²) in [4.78, 5) is 29.3. The highest BCUT2D eigenvalue weighted by Crippen LogP contribution is 2.20. The van der Waals surface area contributed by atoms with Crippen LogP contribution in [0.25, 0.3) is 5.65 Å². The van der Waals surface area contributed by atoms with Gasteiger partial charge in [-0.1, -0.05) is 6.07 Å². The highest BCUT2D eigenvalue weighted by Gasteiger charge is 2.35. The molecule has 1 N–H and O–H groups in total. The van der Waals surface area contributed by atoms with Crippen molar-refractivity contribution in [2.45, 2.75) is 25.8 Å². The van der Waals surface area contributed by atoms with E-state index in [1.54, 1.807) is 6.20 Å². The summed E-state index contributed by atoms with van der Waals surface area (Å²) >= 11 is 0. The van der Waals surface area contributed by atoms with Gasteiger partial charge in [-0.25, -0.2) is 9.78 Å². The molecule has 0 unspecified atom stereocenters. The summed E-state index contributed by atoms with van der Waals surface area (Å²) in [6, 6.07) is 4.90. The topological polar surface area (TPSA) is 74.9 Å². The van der Waals surface area contributed by atoms with Crippen molar-refractivity contribution in [3.63, 3.8) is 0 Å². The molecule has 0 radical (unpaired) electrons. The van der Waals surface area contributed by atoms with E-state index in [0.29, 0.717) is 24.3 Å². The lowest BCUT2D eigenvalue weighted by Crippen LogP contribution is -2.40. The molecule has 1 fully saturated rings. The van der Waals surface area contributed by atoms with Crippen LogP contribution in [0.15, 0.2) is 24.4 Å². The van der Waals surface area contributed by atoms with Crippen LogP contribution in [-0.4, -0.2) is 43.9 Å². The van der Waals surface area contributed by atoms with Gasteiger partial charge in [0.1, 0.15) is 17.4 Å². The number of rotatable bonds is 2. The summed E-state index contributed by atoms with van der Waals surface area (Å²) in [5.41, 5.74) is 1.97. The Bertz CT molecular complexity index is 692. The monoisotopic (exact) mass is 273 g/mol. The Labute approximate surface area is 115 Å². The van der Waals surface area contributed by atoms with Gasteiger partial charge in [-0.3, -0.25) is 4.79 Å². The number of imidazole rings is 1. The molecule has 1 aliphatic rings. The van der Waals surface area contributed by atoms with Crippen LogP contribution in [0.2, 0.25) is 0 Å². The second kappa shape index (κ2) is 4.63. The van der Waals surface area contributed by atoms with Crippen molar-refractivity contribution >= 4 is 17.5 Å². The summed E-state index contributed by atoms with van der Waals surface area (Å²) in [6.45, 7) is 2.40. The van der Waals surface area contributed by atoms with E-state index in [1.807, 2.05) is 29.5 Å². The van der Waals surface area contributed by atoms with E-state index in [2.05, 4.69) is 4.98 Å². The van der Waals surface area contributed by atoms with E-state index in [1.165, 1.54) is 4.90 Å². The summed E-state index contributed by atoms with van der Waals surface area (Å²) in [6.07, 6.45) is 2.90. The van der Waals surface area contributed by atoms with Gasteiger partial charge in [0.2, 0.25) is 0 Å². The first-order chi connectivity index (χ1) is 9.58. The Morgan fingerprint density at radius 3 is 2.90 bits per heavy atom. The van der Waals surface area contributed by atoms with Crippen LogP contribution in [0.1, 0.15) is 29.0 Å². The van der Waals surface area contributed by atoms with E-state index in [9.17, 15) is 9.59 Å². The molecule has 1 amide bonds. The molecular weight excluding hydrogens is 258 g/mol. The van der Waals surface area contributed by atoms with Gasteiger partial charge in [0.05, 0.1) is 0 Å². The molecule has 104 valence electrons. The highest BCUT2D eigenvalue weighted by atomic mass is 16.4. The lowest BCUT2D eigenvalue weighted by molar-refractivity contribution is -0.141. The van der Waals surface area contributed by atoms with Gasteiger partial charge in [-0.05, 0) is 31.9 Å². The molecule has 6 heteroatoms. The summed E-state index contributed by atoms with van der Waals surface area (Å²) in [7, 11) is 0. The zero-order valence-corrected chi connectivity index (χ0v) is 11.1. The zero-order valence-electron chi connectivity index (χ0n) is 11.1. The molecule has 0 aromatic carbocycles. The molecule has 3 rings (SSSR count). The molecule has 0 spiro atoms. The van der Waals surface area contributed by atoms with Gasteiger partial charge in [0.15, 0.2) is 0 Å². The predicted molar refractivity (Wildman–Crippen MR) is 71.6 cm³/mol. The van der Waals surface area contributed by atoms with E-state index in [-0.39, 0.29) is 5.91 Å². The van der Waals surface area contributed by atoms with Gasteiger partial charge < -0.3 is 14.4 Å². The molecule has 2 aromatic heterocycles. The molecule has 20 heavy (non-hydrogen) atoms. The van der Waals surface area contributed by atoms with Crippen LogP contribution in [-0.2, 0) is 4.79 Å². The van der Waals surface area contributed by atoms with Crippen molar-refractivity contribution < 1.29 is 14.7 Å². The lowest BCUT2D eigenvalue weighted by atomic mass is 10.2. The minimum absolute atomic E-state index is 0.299. The first kappa shape index (κ1) is 12.7. The number of hydrogen-bond acceptors (Lipinski definition) is 3. The average Bonchev–Trinajstić information content (AvgIpc) is 3.05. The van der Waals surface area contributed by atoms with Crippen molar-refractivity contribution in [3.05, 3.63) is 35.8 Å². The summed E-state index contributed by atoms with van der Waals surface area (Å²) < 4.78 is 1.83. The second-order valence-electron chi connectivity index (χ2n) is 5.02. The van der Waals surface area contributed by atoms with Crippen molar-refractivity contribution in [1.82, 2.24) is 14.3 Å². The fourth-order valence-corrected chi connectivity index (χ4v) is 2.67. The van der Waals surface area contributed by atoms with Crippen LogP contribution in [0.3, 0.4) is 0 Å². The van der Waals surface area contributed by atoms with Gasteiger partial charge in [-0.15, -0.1) is 0 Å². The van der Waals surface area contributed by atoms with Crippen LogP contribution < -0.4 is 0 Å². The van der Waals surface area contributed by atoms with Crippen LogP contribution in [0.5, 0.6) is 0 Å². The number of carboxylic acids is 1. The third-order valence-corrected chi connectivity index (χ3v) is 3.71. The number of aromatic nitrogens is 2. The van der Waals surface area contributed by atoms with Crippen LogP contribution in [0.4, 0.5) is 0 Å². The number of fused-ring (bicyclic) bond motifs is 1. The Hall–Kier alpha value is -2.37. The minimum Gasteiger partial charge on any atom is -0.480 e. The molecule has 1 atom stereocenters. The maximum absolute atomic E-state index is 12.4. The zero-order chi connectivity index (χ0) is 14.3. The van der Waals surface area contributed by atoms with E-state index in [4.69, 9.17) is 5.11 Å². The van der Waals surface area contributed by atoms with Crippen molar-refractivity contribution in [2.75, 3.05) is 6.54 Å².